The highest BCUT2D eigenvalue weighted by Gasteiger charge is 2.35. The van der Waals surface area contributed by atoms with Gasteiger partial charge < -0.3 is 33.7 Å². The molecular weight excluding hydrogens is 442 g/mol. The van der Waals surface area contributed by atoms with Gasteiger partial charge in [0.15, 0.2) is 23.0 Å². The predicted octanol–water partition coefficient (Wildman–Crippen LogP) is 3.13. The van der Waals surface area contributed by atoms with E-state index in [9.17, 15) is 14.7 Å². The molecule has 0 aromatic heterocycles. The Bertz CT molecular complexity index is 1100. The number of phenols is 1. The summed E-state index contributed by atoms with van der Waals surface area (Å²) in [5.41, 5.74) is 1.84. The number of esters is 2. The first-order valence-corrected chi connectivity index (χ1v) is 10.3. The largest absolute Gasteiger partial charge is 0.504 e. The van der Waals surface area contributed by atoms with Crippen LogP contribution in [0.15, 0.2) is 59.9 Å². The molecule has 0 atom stereocenters. The first-order valence-electron chi connectivity index (χ1n) is 10.3. The molecule has 0 saturated heterocycles. The molecule has 1 aliphatic rings. The summed E-state index contributed by atoms with van der Waals surface area (Å²) in [6, 6.07) is 10.1. The van der Waals surface area contributed by atoms with Crippen LogP contribution in [0.1, 0.15) is 17.0 Å². The van der Waals surface area contributed by atoms with Crippen LogP contribution in [0.25, 0.3) is 0 Å². The van der Waals surface area contributed by atoms with Gasteiger partial charge in [0.2, 0.25) is 0 Å². The number of carbonyl (C=O) groups is 2. The Hall–Kier alpha value is -4.14. The minimum absolute atomic E-state index is 0.0654. The second kappa shape index (κ2) is 10.7. The molecule has 0 amide bonds. The molecular formula is C25H27NO8. The van der Waals surface area contributed by atoms with E-state index >= 15 is 0 Å². The minimum Gasteiger partial charge on any atom is -0.504 e. The second-order valence-electron chi connectivity index (χ2n) is 7.38. The van der Waals surface area contributed by atoms with Crippen molar-refractivity contribution in [1.82, 2.24) is 4.90 Å². The molecule has 9 heteroatoms. The molecule has 0 spiro atoms. The van der Waals surface area contributed by atoms with Gasteiger partial charge in [-0.1, -0.05) is 12.1 Å². The van der Waals surface area contributed by atoms with Crippen molar-refractivity contribution >= 4 is 11.9 Å². The van der Waals surface area contributed by atoms with Gasteiger partial charge in [-0.3, -0.25) is 0 Å². The fourth-order valence-corrected chi connectivity index (χ4v) is 3.80. The highest BCUT2D eigenvalue weighted by atomic mass is 16.5. The van der Waals surface area contributed by atoms with E-state index in [0.717, 1.165) is 5.56 Å². The average molecular weight is 469 g/mol. The highest BCUT2D eigenvalue weighted by Crippen LogP contribution is 2.40. The number of rotatable bonds is 8. The van der Waals surface area contributed by atoms with Crippen LogP contribution >= 0.6 is 0 Å². The van der Waals surface area contributed by atoms with E-state index in [0.29, 0.717) is 23.6 Å². The number of hydrogen-bond donors (Lipinski definition) is 1. The summed E-state index contributed by atoms with van der Waals surface area (Å²) in [4.78, 5) is 27.3. The SMILES string of the molecule is COC(=O)C1=CN(Cc2ccc(OC)c(OC)c2)C=C(C(=O)OC)C1c1ccc(O)c(OC)c1. The molecule has 3 rings (SSSR count). The third-order valence-corrected chi connectivity index (χ3v) is 5.42. The van der Waals surface area contributed by atoms with Gasteiger partial charge in [0, 0.05) is 18.9 Å². The van der Waals surface area contributed by atoms with Gasteiger partial charge in [0.05, 0.1) is 52.6 Å². The Morgan fingerprint density at radius 1 is 0.794 bits per heavy atom. The van der Waals surface area contributed by atoms with Crippen LogP contribution in [-0.4, -0.2) is 57.5 Å². The van der Waals surface area contributed by atoms with Gasteiger partial charge >= 0.3 is 11.9 Å². The van der Waals surface area contributed by atoms with E-state index in [4.69, 9.17) is 23.7 Å². The van der Waals surface area contributed by atoms with Crippen molar-refractivity contribution in [3.8, 4) is 23.0 Å². The normalized spacial score (nSPS) is 13.5. The molecule has 0 radical (unpaired) electrons. The van der Waals surface area contributed by atoms with Crippen molar-refractivity contribution < 1.29 is 38.4 Å². The number of methoxy groups -OCH3 is 5. The summed E-state index contributed by atoms with van der Waals surface area (Å²) in [5, 5.41) is 10.00. The summed E-state index contributed by atoms with van der Waals surface area (Å²) in [7, 11) is 7.05. The summed E-state index contributed by atoms with van der Waals surface area (Å²) in [5.74, 6) is -0.727. The molecule has 0 unspecified atom stereocenters. The van der Waals surface area contributed by atoms with Crippen molar-refractivity contribution in [1.29, 1.82) is 0 Å². The maximum absolute atomic E-state index is 12.8. The second-order valence-corrected chi connectivity index (χ2v) is 7.38. The Labute approximate surface area is 197 Å². The van der Waals surface area contributed by atoms with Crippen LogP contribution in [0.3, 0.4) is 0 Å². The molecule has 0 aliphatic carbocycles. The number of ether oxygens (including phenoxy) is 5. The zero-order valence-electron chi connectivity index (χ0n) is 19.7. The maximum Gasteiger partial charge on any atom is 0.336 e. The van der Waals surface area contributed by atoms with Crippen LogP contribution in [0.4, 0.5) is 0 Å². The molecule has 9 nitrogen and oxygen atoms in total. The van der Waals surface area contributed by atoms with Crippen molar-refractivity contribution in [2.45, 2.75) is 12.5 Å². The van der Waals surface area contributed by atoms with Crippen molar-refractivity contribution in [3.05, 3.63) is 71.1 Å². The number of nitrogens with zero attached hydrogens (tertiary/aromatic N) is 1. The smallest absolute Gasteiger partial charge is 0.336 e. The van der Waals surface area contributed by atoms with E-state index in [1.165, 1.54) is 27.4 Å². The number of benzene rings is 2. The van der Waals surface area contributed by atoms with E-state index in [2.05, 4.69) is 0 Å². The standard InChI is InChI=1S/C25H27NO8/c1-30-20-9-6-15(10-22(20)32-3)12-26-13-17(24(28)33-4)23(18(14-26)25(29)34-5)16-7-8-19(27)21(11-16)31-2/h6-11,13-14,23,27H,12H2,1-5H3. The molecule has 1 heterocycles. The van der Waals surface area contributed by atoms with Gasteiger partial charge in [-0.2, -0.15) is 0 Å². The van der Waals surface area contributed by atoms with E-state index in [1.54, 1.807) is 49.7 Å². The van der Waals surface area contributed by atoms with Crippen LogP contribution < -0.4 is 14.2 Å². The van der Waals surface area contributed by atoms with Gasteiger partial charge in [0.1, 0.15) is 0 Å². The molecule has 0 saturated carbocycles. The number of hydrogen-bond acceptors (Lipinski definition) is 9. The molecule has 180 valence electrons. The predicted molar refractivity (Wildman–Crippen MR) is 123 cm³/mol. The highest BCUT2D eigenvalue weighted by molar-refractivity contribution is 5.98. The van der Waals surface area contributed by atoms with Crippen molar-refractivity contribution in [2.24, 2.45) is 0 Å². The zero-order chi connectivity index (χ0) is 24.8. The Morgan fingerprint density at radius 3 is 1.91 bits per heavy atom. The molecule has 2 aromatic carbocycles. The van der Waals surface area contributed by atoms with Crippen molar-refractivity contribution in [3.63, 3.8) is 0 Å². The molecule has 34 heavy (non-hydrogen) atoms. The summed E-state index contributed by atoms with van der Waals surface area (Å²) in [6.07, 6.45) is 3.25. The molecule has 0 bridgehead atoms. The Kier molecular flexibility index (Phi) is 7.68. The van der Waals surface area contributed by atoms with Gasteiger partial charge in [-0.25, -0.2) is 9.59 Å². The van der Waals surface area contributed by atoms with E-state index in [-0.39, 0.29) is 22.6 Å². The third-order valence-electron chi connectivity index (χ3n) is 5.42. The first kappa shape index (κ1) is 24.5. The van der Waals surface area contributed by atoms with Crippen LogP contribution in [0.2, 0.25) is 0 Å². The third kappa shape index (κ3) is 4.93. The fraction of sp³-hybridized carbons (Fsp3) is 0.280. The molecule has 0 fully saturated rings. The van der Waals surface area contributed by atoms with Gasteiger partial charge in [0.25, 0.3) is 0 Å². The molecule has 1 N–H and O–H groups in total. The van der Waals surface area contributed by atoms with Gasteiger partial charge in [-0.05, 0) is 35.4 Å². The Balaban J connectivity index is 2.09. The van der Waals surface area contributed by atoms with Crippen molar-refractivity contribution in [2.75, 3.05) is 35.5 Å². The topological polar surface area (TPSA) is 104 Å². The summed E-state index contributed by atoms with van der Waals surface area (Å²) < 4.78 is 25.9. The van der Waals surface area contributed by atoms with E-state index in [1.807, 2.05) is 12.1 Å². The summed E-state index contributed by atoms with van der Waals surface area (Å²) in [6.45, 7) is 0.326. The maximum atomic E-state index is 12.8. The first-order chi connectivity index (χ1) is 16.4. The number of carbonyl (C=O) groups excluding carboxylic acids is 2. The lowest BCUT2D eigenvalue weighted by Gasteiger charge is -2.30. The monoisotopic (exact) mass is 469 g/mol. The summed E-state index contributed by atoms with van der Waals surface area (Å²) >= 11 is 0. The zero-order valence-corrected chi connectivity index (χ0v) is 19.7. The molecule has 2 aromatic rings. The lowest BCUT2D eigenvalue weighted by atomic mass is 9.83. The van der Waals surface area contributed by atoms with Crippen LogP contribution in [-0.2, 0) is 25.6 Å². The number of aromatic hydroxyl groups is 1. The molecule has 1 aliphatic heterocycles. The lowest BCUT2D eigenvalue weighted by Crippen LogP contribution is -2.28. The van der Waals surface area contributed by atoms with Crippen LogP contribution in [0, 0.1) is 0 Å². The van der Waals surface area contributed by atoms with E-state index < -0.39 is 17.9 Å². The minimum atomic E-state index is -0.795. The Morgan fingerprint density at radius 2 is 1.38 bits per heavy atom. The average Bonchev–Trinajstić information content (AvgIpc) is 2.87. The quantitative estimate of drug-likeness (QED) is 0.584. The fourth-order valence-electron chi connectivity index (χ4n) is 3.80. The van der Waals surface area contributed by atoms with Crippen LogP contribution in [0.5, 0.6) is 23.0 Å². The lowest BCUT2D eigenvalue weighted by molar-refractivity contribution is -0.137. The number of phenolic OH excluding ortho intramolecular Hbond substituents is 1. The van der Waals surface area contributed by atoms with Gasteiger partial charge in [-0.15, -0.1) is 0 Å².